The first-order valence-electron chi connectivity index (χ1n) is 11.8. The number of carbonyl (C=O) groups is 1. The van der Waals surface area contributed by atoms with Crippen LogP contribution in [0.3, 0.4) is 0 Å². The molecule has 0 radical (unpaired) electrons. The minimum atomic E-state index is -0.998. The Hall–Kier alpha value is -1.00. The Morgan fingerprint density at radius 1 is 0.400 bits per heavy atom. The van der Waals surface area contributed by atoms with E-state index in [1.165, 1.54) is 0 Å². The summed E-state index contributed by atoms with van der Waals surface area (Å²) in [7, 11) is 0. The lowest BCUT2D eigenvalue weighted by molar-refractivity contribution is -0.142. The van der Waals surface area contributed by atoms with Crippen molar-refractivity contribution in [3.05, 3.63) is 0 Å². The Bertz CT molecular complexity index is 420. The van der Waals surface area contributed by atoms with Crippen LogP contribution in [0.5, 0.6) is 0 Å². The van der Waals surface area contributed by atoms with Crippen molar-refractivity contribution in [3.63, 3.8) is 0 Å². The molecular weight excluding hydrogens is 475 g/mol. The molecule has 0 unspecified atom stereocenters. The molecule has 0 rings (SSSR count). The van der Waals surface area contributed by atoms with Crippen LogP contribution in [0.1, 0.15) is 0 Å². The number of carboxylic acid groups (broad SMARTS) is 1. The van der Waals surface area contributed by atoms with Crippen molar-refractivity contribution in [3.8, 4) is 0 Å². The number of aliphatic carboxylic acids is 1. The minimum Gasteiger partial charge on any atom is -0.480 e. The van der Waals surface area contributed by atoms with Gasteiger partial charge in [-0.2, -0.15) is 0 Å². The average Bonchev–Trinajstić information content (AvgIpc) is 2.85. The highest BCUT2D eigenvalue weighted by atomic mass is 19.1. The van der Waals surface area contributed by atoms with E-state index in [-0.39, 0.29) is 19.8 Å². The van der Waals surface area contributed by atoms with Gasteiger partial charge in [-0.05, 0) is 0 Å². The Balaban J connectivity index is 3.01. The highest BCUT2D eigenvalue weighted by Crippen LogP contribution is 1.86. The van der Waals surface area contributed by atoms with Crippen LogP contribution in [0.2, 0.25) is 0 Å². The van der Waals surface area contributed by atoms with Crippen molar-refractivity contribution < 1.29 is 61.7 Å². The van der Waals surface area contributed by atoms with E-state index in [2.05, 4.69) is 0 Å². The van der Waals surface area contributed by atoms with Crippen molar-refractivity contribution in [1.82, 2.24) is 0 Å². The topological polar surface area (TPSA) is 130 Å². The van der Waals surface area contributed by atoms with Crippen LogP contribution in [-0.2, 0) is 52.2 Å². The molecule has 12 nitrogen and oxygen atoms in total. The van der Waals surface area contributed by atoms with Gasteiger partial charge in [0.25, 0.3) is 0 Å². The Morgan fingerprint density at radius 2 is 0.600 bits per heavy atom. The highest BCUT2D eigenvalue weighted by molar-refractivity contribution is 5.67. The fourth-order valence-corrected chi connectivity index (χ4v) is 2.19. The number of ether oxygens (including phenoxy) is 10. The zero-order valence-electron chi connectivity index (χ0n) is 20.7. The molecule has 0 aromatic carbocycles. The highest BCUT2D eigenvalue weighted by Gasteiger charge is 1.97. The molecule has 13 heteroatoms. The van der Waals surface area contributed by atoms with E-state index in [1.54, 1.807) is 0 Å². The Morgan fingerprint density at radius 3 is 0.800 bits per heavy atom. The average molecular weight is 519 g/mol. The van der Waals surface area contributed by atoms with Gasteiger partial charge >= 0.3 is 5.97 Å². The summed E-state index contributed by atoms with van der Waals surface area (Å²) < 4.78 is 64.3. The second-order valence-corrected chi connectivity index (χ2v) is 6.65. The second kappa shape index (κ2) is 31.0. The van der Waals surface area contributed by atoms with Crippen LogP contribution in [-0.4, -0.2) is 150 Å². The smallest absolute Gasteiger partial charge is 0.329 e. The SMILES string of the molecule is O=C(O)COCCOCCOCCOCCOCCOCCOCCOCCOCCOCCF. The van der Waals surface area contributed by atoms with Gasteiger partial charge in [0.15, 0.2) is 0 Å². The lowest BCUT2D eigenvalue weighted by atomic mass is 10.6. The summed E-state index contributed by atoms with van der Waals surface area (Å²) >= 11 is 0. The van der Waals surface area contributed by atoms with E-state index >= 15 is 0 Å². The molecule has 0 aromatic heterocycles. The molecule has 0 spiro atoms. The van der Waals surface area contributed by atoms with Crippen molar-refractivity contribution in [1.29, 1.82) is 0 Å². The van der Waals surface area contributed by atoms with Gasteiger partial charge < -0.3 is 52.5 Å². The summed E-state index contributed by atoms with van der Waals surface area (Å²) in [5.41, 5.74) is 0. The van der Waals surface area contributed by atoms with Gasteiger partial charge in [0.1, 0.15) is 13.3 Å². The van der Waals surface area contributed by atoms with Crippen LogP contribution in [0.4, 0.5) is 4.39 Å². The summed E-state index contributed by atoms with van der Waals surface area (Å²) in [4.78, 5) is 10.2. The van der Waals surface area contributed by atoms with Gasteiger partial charge in [-0.1, -0.05) is 0 Å². The van der Waals surface area contributed by atoms with E-state index in [1.807, 2.05) is 0 Å². The largest absolute Gasteiger partial charge is 0.480 e. The number of hydrogen-bond donors (Lipinski definition) is 1. The molecule has 0 heterocycles. The van der Waals surface area contributed by atoms with Crippen LogP contribution >= 0.6 is 0 Å². The van der Waals surface area contributed by atoms with Gasteiger partial charge in [-0.3, -0.25) is 0 Å². The number of halogens is 1. The fourth-order valence-electron chi connectivity index (χ4n) is 2.19. The molecule has 0 fully saturated rings. The summed E-state index contributed by atoms with van der Waals surface area (Å²) in [6.45, 7) is 7.25. The minimum absolute atomic E-state index is 0.109. The molecule has 0 saturated heterocycles. The van der Waals surface area contributed by atoms with E-state index in [0.29, 0.717) is 112 Å². The molecule has 0 aliphatic rings. The molecule has 0 saturated carbocycles. The maximum atomic E-state index is 11.8. The van der Waals surface area contributed by atoms with Crippen LogP contribution in [0.15, 0.2) is 0 Å². The second-order valence-electron chi connectivity index (χ2n) is 6.65. The normalized spacial score (nSPS) is 11.3. The zero-order chi connectivity index (χ0) is 25.5. The summed E-state index contributed by atoms with van der Waals surface area (Å²) in [6, 6.07) is 0. The van der Waals surface area contributed by atoms with E-state index in [9.17, 15) is 9.18 Å². The van der Waals surface area contributed by atoms with Crippen molar-refractivity contribution >= 4 is 5.97 Å². The Kier molecular flexibility index (Phi) is 30.1. The van der Waals surface area contributed by atoms with Crippen molar-refractivity contribution in [2.75, 3.05) is 139 Å². The first-order chi connectivity index (χ1) is 17.3. The van der Waals surface area contributed by atoms with Gasteiger partial charge in [-0.25, -0.2) is 9.18 Å². The third kappa shape index (κ3) is 33.0. The number of hydrogen-bond acceptors (Lipinski definition) is 11. The number of carboxylic acids is 1. The van der Waals surface area contributed by atoms with E-state index in [0.717, 1.165) is 0 Å². The molecule has 35 heavy (non-hydrogen) atoms. The molecule has 210 valence electrons. The van der Waals surface area contributed by atoms with E-state index in [4.69, 9.17) is 52.5 Å². The van der Waals surface area contributed by atoms with Crippen LogP contribution < -0.4 is 0 Å². The van der Waals surface area contributed by atoms with Crippen molar-refractivity contribution in [2.45, 2.75) is 0 Å². The predicted octanol–water partition coefficient (Wildman–Crippen LogP) is 0.207. The summed E-state index contributed by atoms with van der Waals surface area (Å²) in [6.07, 6.45) is 0. The third-order valence-electron chi connectivity index (χ3n) is 3.80. The first-order valence-corrected chi connectivity index (χ1v) is 11.8. The van der Waals surface area contributed by atoms with Gasteiger partial charge in [0.2, 0.25) is 0 Å². The van der Waals surface area contributed by atoms with Gasteiger partial charge in [0, 0.05) is 0 Å². The molecular formula is C22H43FO12. The maximum Gasteiger partial charge on any atom is 0.329 e. The third-order valence-corrected chi connectivity index (χ3v) is 3.80. The molecule has 0 aliphatic heterocycles. The zero-order valence-corrected chi connectivity index (χ0v) is 20.7. The molecule has 1 N–H and O–H groups in total. The summed E-state index contributed by atoms with van der Waals surface area (Å²) in [5, 5.41) is 8.39. The summed E-state index contributed by atoms with van der Waals surface area (Å²) in [5.74, 6) is -0.998. The molecule has 0 amide bonds. The lowest BCUT2D eigenvalue weighted by Gasteiger charge is -2.08. The monoisotopic (exact) mass is 518 g/mol. The Labute approximate surface area is 207 Å². The predicted molar refractivity (Wildman–Crippen MR) is 122 cm³/mol. The maximum absolute atomic E-state index is 11.8. The molecule has 0 atom stereocenters. The van der Waals surface area contributed by atoms with Gasteiger partial charge in [-0.15, -0.1) is 0 Å². The van der Waals surface area contributed by atoms with Crippen LogP contribution in [0, 0.1) is 0 Å². The standard InChI is InChI=1S/C22H43FO12/c23-1-2-26-3-4-27-5-6-28-7-8-29-9-10-30-11-12-31-13-14-32-15-16-33-17-18-34-19-20-35-21-22(24)25/h1-21H2,(H,24,25). The molecule has 0 aromatic rings. The fraction of sp³-hybridized carbons (Fsp3) is 0.955. The molecule has 0 aliphatic carbocycles. The van der Waals surface area contributed by atoms with E-state index < -0.39 is 12.6 Å². The molecule has 0 bridgehead atoms. The van der Waals surface area contributed by atoms with Gasteiger partial charge in [0.05, 0.1) is 126 Å². The number of rotatable bonds is 31. The lowest BCUT2D eigenvalue weighted by Crippen LogP contribution is -2.15. The quantitative estimate of drug-likeness (QED) is 0.126. The van der Waals surface area contributed by atoms with Crippen LogP contribution in [0.25, 0.3) is 0 Å². The number of alkyl halides is 1. The van der Waals surface area contributed by atoms with Crippen molar-refractivity contribution in [2.24, 2.45) is 0 Å². The first kappa shape index (κ1) is 34.0.